The normalized spacial score (nSPS) is 11.2. The SMILES string of the molecule is O=C(NCc1nc2ccc(Cl)cc2[nH]1)c1ccc(SC(F)F)cc1. The number of benzene rings is 2. The zero-order chi connectivity index (χ0) is 17.1. The highest BCUT2D eigenvalue weighted by molar-refractivity contribution is 7.99. The number of rotatable bonds is 5. The van der Waals surface area contributed by atoms with Crippen LogP contribution in [0.1, 0.15) is 16.2 Å². The lowest BCUT2D eigenvalue weighted by Gasteiger charge is -2.05. The van der Waals surface area contributed by atoms with Crippen LogP contribution >= 0.6 is 23.4 Å². The average molecular weight is 368 g/mol. The summed E-state index contributed by atoms with van der Waals surface area (Å²) in [5.41, 5.74) is 1.95. The Balaban J connectivity index is 1.63. The molecule has 2 aromatic carbocycles. The van der Waals surface area contributed by atoms with Crippen LogP contribution in [-0.2, 0) is 6.54 Å². The summed E-state index contributed by atoms with van der Waals surface area (Å²) in [6.45, 7) is 0.221. The van der Waals surface area contributed by atoms with Crippen molar-refractivity contribution in [3.8, 4) is 0 Å². The quantitative estimate of drug-likeness (QED) is 0.654. The Morgan fingerprint density at radius 3 is 2.71 bits per heavy atom. The summed E-state index contributed by atoms with van der Waals surface area (Å²) in [4.78, 5) is 19.9. The van der Waals surface area contributed by atoms with Crippen molar-refractivity contribution >= 4 is 40.3 Å². The molecule has 3 rings (SSSR count). The molecule has 0 aliphatic heterocycles. The fourth-order valence-corrected chi connectivity index (χ4v) is 2.84. The van der Waals surface area contributed by atoms with E-state index in [1.807, 2.05) is 0 Å². The maximum atomic E-state index is 12.3. The van der Waals surface area contributed by atoms with Crippen molar-refractivity contribution in [1.29, 1.82) is 0 Å². The van der Waals surface area contributed by atoms with Gasteiger partial charge in [0.2, 0.25) is 0 Å². The monoisotopic (exact) mass is 367 g/mol. The van der Waals surface area contributed by atoms with Gasteiger partial charge in [0.1, 0.15) is 5.82 Å². The molecule has 0 spiro atoms. The van der Waals surface area contributed by atoms with E-state index in [0.29, 0.717) is 33.1 Å². The summed E-state index contributed by atoms with van der Waals surface area (Å²) in [5.74, 6) is -2.18. The molecule has 8 heteroatoms. The first-order chi connectivity index (χ1) is 11.5. The molecular formula is C16H12ClF2N3OS. The molecule has 0 fully saturated rings. The second-order valence-electron chi connectivity index (χ2n) is 4.93. The average Bonchev–Trinajstić information content (AvgIpc) is 2.94. The molecule has 1 heterocycles. The summed E-state index contributed by atoms with van der Waals surface area (Å²) in [6.07, 6.45) is 0. The van der Waals surface area contributed by atoms with Crippen molar-refractivity contribution in [2.75, 3.05) is 0 Å². The predicted molar refractivity (Wildman–Crippen MR) is 90.6 cm³/mol. The number of hydrogen-bond acceptors (Lipinski definition) is 3. The molecule has 0 aliphatic carbocycles. The fraction of sp³-hybridized carbons (Fsp3) is 0.125. The largest absolute Gasteiger partial charge is 0.345 e. The van der Waals surface area contributed by atoms with E-state index in [1.165, 1.54) is 24.3 Å². The molecule has 2 N–H and O–H groups in total. The van der Waals surface area contributed by atoms with Gasteiger partial charge in [-0.05, 0) is 42.5 Å². The van der Waals surface area contributed by atoms with E-state index in [1.54, 1.807) is 18.2 Å². The highest BCUT2D eigenvalue weighted by atomic mass is 35.5. The fourth-order valence-electron chi connectivity index (χ4n) is 2.17. The first-order valence-corrected chi connectivity index (χ1v) is 8.24. The van der Waals surface area contributed by atoms with Gasteiger partial charge in [-0.15, -0.1) is 0 Å². The third-order valence-electron chi connectivity index (χ3n) is 3.25. The first kappa shape index (κ1) is 16.7. The second-order valence-corrected chi connectivity index (χ2v) is 6.43. The number of amides is 1. The molecule has 1 aromatic heterocycles. The number of hydrogen-bond donors (Lipinski definition) is 2. The lowest BCUT2D eigenvalue weighted by atomic mass is 10.2. The molecule has 0 unspecified atom stereocenters. The number of carbonyl (C=O) groups excluding carboxylic acids is 1. The Kier molecular flexibility index (Phi) is 5.01. The lowest BCUT2D eigenvalue weighted by Crippen LogP contribution is -2.23. The van der Waals surface area contributed by atoms with E-state index in [0.717, 1.165) is 11.0 Å². The van der Waals surface area contributed by atoms with Crippen LogP contribution in [0.3, 0.4) is 0 Å². The van der Waals surface area contributed by atoms with Crippen LogP contribution in [0.5, 0.6) is 0 Å². The third kappa shape index (κ3) is 4.04. The Morgan fingerprint density at radius 2 is 2.00 bits per heavy atom. The Hall–Kier alpha value is -2.12. The Morgan fingerprint density at radius 1 is 1.25 bits per heavy atom. The van der Waals surface area contributed by atoms with Crippen LogP contribution in [0.25, 0.3) is 11.0 Å². The molecule has 0 atom stereocenters. The van der Waals surface area contributed by atoms with Crippen molar-refractivity contribution in [2.24, 2.45) is 0 Å². The molecule has 0 aliphatic rings. The van der Waals surface area contributed by atoms with Gasteiger partial charge < -0.3 is 10.3 Å². The Labute approximate surface area is 145 Å². The lowest BCUT2D eigenvalue weighted by molar-refractivity contribution is 0.0950. The highest BCUT2D eigenvalue weighted by Crippen LogP contribution is 2.25. The zero-order valence-electron chi connectivity index (χ0n) is 12.2. The number of fused-ring (bicyclic) bond motifs is 1. The van der Waals surface area contributed by atoms with Gasteiger partial charge in [-0.25, -0.2) is 4.98 Å². The number of H-pyrrole nitrogens is 1. The van der Waals surface area contributed by atoms with Crippen LogP contribution in [0.15, 0.2) is 47.4 Å². The minimum absolute atomic E-state index is 0.221. The maximum absolute atomic E-state index is 12.3. The minimum Gasteiger partial charge on any atom is -0.345 e. The van der Waals surface area contributed by atoms with E-state index in [-0.39, 0.29) is 12.5 Å². The van der Waals surface area contributed by atoms with Crippen LogP contribution < -0.4 is 5.32 Å². The standard InChI is InChI=1S/C16H12ClF2N3OS/c17-10-3-6-12-13(7-10)22-14(21-12)8-20-15(23)9-1-4-11(5-2-9)24-16(18)19/h1-7,16H,8H2,(H,20,23)(H,21,22). The predicted octanol–water partition coefficient (Wildman–Crippen LogP) is 4.46. The number of carbonyl (C=O) groups is 1. The van der Waals surface area contributed by atoms with Crippen LogP contribution in [0.2, 0.25) is 5.02 Å². The maximum Gasteiger partial charge on any atom is 0.288 e. The topological polar surface area (TPSA) is 57.8 Å². The van der Waals surface area contributed by atoms with Crippen LogP contribution in [0.4, 0.5) is 8.78 Å². The smallest absolute Gasteiger partial charge is 0.288 e. The number of nitrogens with one attached hydrogen (secondary N) is 2. The van der Waals surface area contributed by atoms with Gasteiger partial charge in [-0.1, -0.05) is 23.4 Å². The van der Waals surface area contributed by atoms with Crippen LogP contribution in [0, 0.1) is 0 Å². The van der Waals surface area contributed by atoms with Gasteiger partial charge in [0, 0.05) is 15.5 Å². The number of nitrogens with zero attached hydrogens (tertiary/aromatic N) is 1. The van der Waals surface area contributed by atoms with Gasteiger partial charge in [0.25, 0.3) is 11.7 Å². The van der Waals surface area contributed by atoms with Gasteiger partial charge in [-0.2, -0.15) is 8.78 Å². The molecule has 0 saturated heterocycles. The summed E-state index contributed by atoms with van der Waals surface area (Å²) < 4.78 is 24.5. The summed E-state index contributed by atoms with van der Waals surface area (Å²) in [5, 5.41) is 3.33. The molecule has 124 valence electrons. The number of alkyl halides is 2. The van der Waals surface area contributed by atoms with Crippen molar-refractivity contribution in [2.45, 2.75) is 17.2 Å². The van der Waals surface area contributed by atoms with Gasteiger partial charge in [-0.3, -0.25) is 4.79 Å². The van der Waals surface area contributed by atoms with Crippen molar-refractivity contribution in [3.63, 3.8) is 0 Å². The number of aromatic amines is 1. The van der Waals surface area contributed by atoms with E-state index < -0.39 is 5.76 Å². The summed E-state index contributed by atoms with van der Waals surface area (Å²) in [6, 6.07) is 11.3. The summed E-state index contributed by atoms with van der Waals surface area (Å²) in [7, 11) is 0. The third-order valence-corrected chi connectivity index (χ3v) is 4.21. The number of thioether (sulfide) groups is 1. The molecular weight excluding hydrogens is 356 g/mol. The number of imidazole rings is 1. The molecule has 3 aromatic rings. The van der Waals surface area contributed by atoms with E-state index in [2.05, 4.69) is 15.3 Å². The number of halogens is 3. The first-order valence-electron chi connectivity index (χ1n) is 6.98. The van der Waals surface area contributed by atoms with Crippen molar-refractivity contribution < 1.29 is 13.6 Å². The van der Waals surface area contributed by atoms with Crippen molar-refractivity contribution in [1.82, 2.24) is 15.3 Å². The van der Waals surface area contributed by atoms with E-state index >= 15 is 0 Å². The van der Waals surface area contributed by atoms with E-state index in [9.17, 15) is 13.6 Å². The molecule has 0 saturated carbocycles. The minimum atomic E-state index is -2.48. The molecule has 1 amide bonds. The molecule has 24 heavy (non-hydrogen) atoms. The van der Waals surface area contributed by atoms with Gasteiger partial charge in [0.05, 0.1) is 17.6 Å². The molecule has 0 bridgehead atoms. The second kappa shape index (κ2) is 7.19. The Bertz CT molecular complexity index is 867. The van der Waals surface area contributed by atoms with Crippen molar-refractivity contribution in [3.05, 3.63) is 58.9 Å². The van der Waals surface area contributed by atoms with Crippen LogP contribution in [-0.4, -0.2) is 21.6 Å². The zero-order valence-corrected chi connectivity index (χ0v) is 13.8. The summed E-state index contributed by atoms with van der Waals surface area (Å²) >= 11 is 6.36. The van der Waals surface area contributed by atoms with Gasteiger partial charge >= 0.3 is 0 Å². The number of aromatic nitrogens is 2. The molecule has 4 nitrogen and oxygen atoms in total. The highest BCUT2D eigenvalue weighted by Gasteiger charge is 2.09. The molecule has 0 radical (unpaired) electrons. The van der Waals surface area contributed by atoms with E-state index in [4.69, 9.17) is 11.6 Å². The van der Waals surface area contributed by atoms with Gasteiger partial charge in [0.15, 0.2) is 0 Å².